The predicted molar refractivity (Wildman–Crippen MR) is 74.3 cm³/mol. The van der Waals surface area contributed by atoms with Gasteiger partial charge in [-0.05, 0) is 37.1 Å². The van der Waals surface area contributed by atoms with E-state index in [0.29, 0.717) is 42.0 Å². The summed E-state index contributed by atoms with van der Waals surface area (Å²) >= 11 is 0. The van der Waals surface area contributed by atoms with E-state index in [4.69, 9.17) is 4.74 Å². The topological polar surface area (TPSA) is 81.4 Å². The minimum Gasteiger partial charge on any atom is -0.497 e. The van der Waals surface area contributed by atoms with E-state index in [1.807, 2.05) is 0 Å². The van der Waals surface area contributed by atoms with Crippen LogP contribution in [0.2, 0.25) is 0 Å². The van der Waals surface area contributed by atoms with Crippen molar-refractivity contribution < 1.29 is 19.4 Å². The fourth-order valence-electron chi connectivity index (χ4n) is 2.60. The average molecular weight is 286 g/mol. The van der Waals surface area contributed by atoms with Crippen molar-refractivity contribution >= 4 is 11.8 Å². The number of nitrogens with zero attached hydrogens (tertiary/aromatic N) is 2. The Morgan fingerprint density at radius 3 is 2.62 bits per heavy atom. The van der Waals surface area contributed by atoms with E-state index in [1.54, 1.807) is 31.4 Å². The molecule has 0 unspecified atom stereocenters. The summed E-state index contributed by atoms with van der Waals surface area (Å²) in [5, 5.41) is 13.4. The number of hydrogen-bond donors (Lipinski definition) is 1. The number of benzene rings is 1. The summed E-state index contributed by atoms with van der Waals surface area (Å²) < 4.78 is 6.52. The third kappa shape index (κ3) is 2.18. The Hall–Kier alpha value is -2.63. The molecule has 0 bridgehead atoms. The number of aromatic carboxylic acids is 1. The predicted octanol–water partition coefficient (Wildman–Crippen LogP) is 2.10. The van der Waals surface area contributed by atoms with Crippen molar-refractivity contribution in [1.82, 2.24) is 9.78 Å². The second-order valence-electron chi connectivity index (χ2n) is 4.87. The number of aromatic nitrogens is 2. The van der Waals surface area contributed by atoms with Gasteiger partial charge in [0.05, 0.1) is 12.8 Å². The normalized spacial score (nSPS) is 13.9. The molecule has 3 rings (SSSR count). The third-order valence-electron chi connectivity index (χ3n) is 3.60. The molecule has 21 heavy (non-hydrogen) atoms. The summed E-state index contributed by atoms with van der Waals surface area (Å²) in [5.41, 5.74) is 1.54. The number of carboxylic acids is 1. The molecule has 0 saturated carbocycles. The number of ether oxygens (including phenoxy) is 1. The van der Waals surface area contributed by atoms with Gasteiger partial charge in [0.15, 0.2) is 11.5 Å². The van der Waals surface area contributed by atoms with Crippen LogP contribution in [0.3, 0.4) is 0 Å². The second-order valence-corrected chi connectivity index (χ2v) is 4.87. The first-order valence-corrected chi connectivity index (χ1v) is 6.64. The molecular weight excluding hydrogens is 272 g/mol. The molecule has 0 amide bonds. The molecule has 1 aliphatic carbocycles. The van der Waals surface area contributed by atoms with Crippen molar-refractivity contribution in [2.75, 3.05) is 7.11 Å². The fraction of sp³-hybridized carbons (Fsp3) is 0.267. The van der Waals surface area contributed by atoms with E-state index < -0.39 is 5.97 Å². The summed E-state index contributed by atoms with van der Waals surface area (Å²) in [6.45, 7) is 0. The van der Waals surface area contributed by atoms with E-state index in [9.17, 15) is 14.7 Å². The van der Waals surface area contributed by atoms with Gasteiger partial charge in [0.2, 0.25) is 0 Å². The number of carboxylic acid groups (broad SMARTS) is 1. The van der Waals surface area contributed by atoms with Crippen LogP contribution in [0.15, 0.2) is 24.3 Å². The molecule has 0 atom stereocenters. The van der Waals surface area contributed by atoms with Gasteiger partial charge >= 0.3 is 5.97 Å². The molecule has 1 aromatic heterocycles. The Kier molecular flexibility index (Phi) is 3.21. The van der Waals surface area contributed by atoms with E-state index in [0.717, 1.165) is 0 Å². The van der Waals surface area contributed by atoms with Gasteiger partial charge < -0.3 is 9.84 Å². The number of Topliss-reactive ketones (excluding diaryl/α,β-unsaturated/α-hetero) is 1. The number of ketones is 1. The molecule has 0 aliphatic heterocycles. The van der Waals surface area contributed by atoms with Crippen molar-refractivity contribution in [3.63, 3.8) is 0 Å². The van der Waals surface area contributed by atoms with E-state index >= 15 is 0 Å². The summed E-state index contributed by atoms with van der Waals surface area (Å²) in [7, 11) is 1.57. The molecule has 1 aromatic carbocycles. The number of rotatable bonds is 3. The van der Waals surface area contributed by atoms with Crippen molar-refractivity contribution in [1.29, 1.82) is 0 Å². The highest BCUT2D eigenvalue weighted by molar-refractivity contribution is 6.01. The van der Waals surface area contributed by atoms with Crippen LogP contribution in [-0.2, 0) is 6.42 Å². The number of hydrogen-bond acceptors (Lipinski definition) is 4. The largest absolute Gasteiger partial charge is 0.497 e. The van der Waals surface area contributed by atoms with Crippen LogP contribution in [0.1, 0.15) is 39.4 Å². The minimum absolute atomic E-state index is 0.0335. The molecule has 0 radical (unpaired) electrons. The summed E-state index contributed by atoms with van der Waals surface area (Å²) in [6, 6.07) is 6.99. The zero-order valence-corrected chi connectivity index (χ0v) is 11.5. The standard InChI is InChI=1S/C15H14N2O4/c1-21-10-7-5-9(6-8-10)17-14-11(3-2-4-12(14)18)13(16-17)15(19)20/h5-8H,2-4H2,1H3,(H,19,20). The fourth-order valence-corrected chi connectivity index (χ4v) is 2.60. The van der Waals surface area contributed by atoms with Gasteiger partial charge in [-0.15, -0.1) is 0 Å². The molecule has 0 saturated heterocycles. The van der Waals surface area contributed by atoms with Crippen LogP contribution in [-0.4, -0.2) is 33.7 Å². The Bertz CT molecular complexity index is 716. The molecule has 6 heteroatoms. The molecule has 108 valence electrons. The molecule has 2 aromatic rings. The van der Waals surface area contributed by atoms with Crippen molar-refractivity contribution in [2.45, 2.75) is 19.3 Å². The molecule has 1 heterocycles. The molecule has 1 aliphatic rings. The monoisotopic (exact) mass is 286 g/mol. The lowest BCUT2D eigenvalue weighted by Crippen LogP contribution is -2.15. The van der Waals surface area contributed by atoms with Crippen molar-refractivity contribution in [3.8, 4) is 11.4 Å². The zero-order valence-electron chi connectivity index (χ0n) is 11.5. The van der Waals surface area contributed by atoms with Gasteiger partial charge in [0.1, 0.15) is 11.4 Å². The van der Waals surface area contributed by atoms with Gasteiger partial charge in [-0.1, -0.05) is 0 Å². The molecule has 6 nitrogen and oxygen atoms in total. The Balaban J connectivity index is 2.17. The maximum absolute atomic E-state index is 12.2. The molecule has 0 spiro atoms. The van der Waals surface area contributed by atoms with E-state index in [1.165, 1.54) is 4.68 Å². The highest BCUT2D eigenvalue weighted by Crippen LogP contribution is 2.27. The first kappa shape index (κ1) is 13.4. The Morgan fingerprint density at radius 1 is 1.29 bits per heavy atom. The van der Waals surface area contributed by atoms with Crippen LogP contribution >= 0.6 is 0 Å². The SMILES string of the molecule is COc1ccc(-n2nc(C(=O)O)c3c2C(=O)CCC3)cc1. The van der Waals surface area contributed by atoms with Gasteiger partial charge in [-0.25, -0.2) is 9.48 Å². The average Bonchev–Trinajstić information content (AvgIpc) is 2.88. The molecule has 0 fully saturated rings. The third-order valence-corrected chi connectivity index (χ3v) is 3.60. The van der Waals surface area contributed by atoms with Crippen molar-refractivity contribution in [3.05, 3.63) is 41.2 Å². The number of methoxy groups -OCH3 is 1. The molecular formula is C15H14N2O4. The highest BCUT2D eigenvalue weighted by atomic mass is 16.5. The lowest BCUT2D eigenvalue weighted by atomic mass is 9.94. The number of carbonyl (C=O) groups is 2. The smallest absolute Gasteiger partial charge is 0.356 e. The summed E-state index contributed by atoms with van der Waals surface area (Å²) in [5.74, 6) is -0.482. The maximum atomic E-state index is 12.2. The Labute approximate surface area is 121 Å². The lowest BCUT2D eigenvalue weighted by molar-refractivity contribution is 0.0688. The van der Waals surface area contributed by atoms with E-state index in [-0.39, 0.29) is 11.5 Å². The lowest BCUT2D eigenvalue weighted by Gasteiger charge is -2.13. The number of carbonyl (C=O) groups excluding carboxylic acids is 1. The van der Waals surface area contributed by atoms with Crippen LogP contribution in [0.5, 0.6) is 5.75 Å². The van der Waals surface area contributed by atoms with Crippen LogP contribution in [0, 0.1) is 0 Å². The number of fused-ring (bicyclic) bond motifs is 1. The zero-order chi connectivity index (χ0) is 15.0. The van der Waals surface area contributed by atoms with Gasteiger partial charge in [-0.3, -0.25) is 4.79 Å². The maximum Gasteiger partial charge on any atom is 0.356 e. The highest BCUT2D eigenvalue weighted by Gasteiger charge is 2.30. The van der Waals surface area contributed by atoms with Crippen LogP contribution < -0.4 is 4.74 Å². The van der Waals surface area contributed by atoms with Crippen molar-refractivity contribution in [2.24, 2.45) is 0 Å². The summed E-state index contributed by atoms with van der Waals surface area (Å²) in [6.07, 6.45) is 1.66. The van der Waals surface area contributed by atoms with Crippen LogP contribution in [0.25, 0.3) is 5.69 Å². The van der Waals surface area contributed by atoms with Gasteiger partial charge in [0, 0.05) is 12.0 Å². The second kappa shape index (κ2) is 5.05. The quantitative estimate of drug-likeness (QED) is 0.934. The van der Waals surface area contributed by atoms with Gasteiger partial charge in [-0.2, -0.15) is 5.10 Å². The Morgan fingerprint density at radius 2 is 2.00 bits per heavy atom. The first-order chi connectivity index (χ1) is 10.1. The first-order valence-electron chi connectivity index (χ1n) is 6.64. The van der Waals surface area contributed by atoms with Gasteiger partial charge in [0.25, 0.3) is 0 Å². The van der Waals surface area contributed by atoms with E-state index in [2.05, 4.69) is 5.10 Å². The molecule has 1 N–H and O–H groups in total. The minimum atomic E-state index is -1.10. The summed E-state index contributed by atoms with van der Waals surface area (Å²) in [4.78, 5) is 23.5. The van der Waals surface area contributed by atoms with Crippen LogP contribution in [0.4, 0.5) is 0 Å².